The third kappa shape index (κ3) is 3.20. The molecular weight excluding hydrogens is 265 g/mol. The van der Waals surface area contributed by atoms with E-state index in [1.165, 1.54) is 0 Å². The van der Waals surface area contributed by atoms with Gasteiger partial charge >= 0.3 is 0 Å². The Morgan fingerprint density at radius 3 is 2.11 bits per heavy atom. The molecule has 1 atom stereocenters. The van der Waals surface area contributed by atoms with Gasteiger partial charge in [0.15, 0.2) is 14.2 Å². The molecule has 0 N–H and O–H groups in total. The first-order valence-corrected chi connectivity index (χ1v) is 10.6. The van der Waals surface area contributed by atoms with Crippen LogP contribution in [-0.4, -0.2) is 18.5 Å². The molecule has 0 aliphatic heterocycles. The maximum atomic E-state index is 13.3. The first kappa shape index (κ1) is 15.4. The summed E-state index contributed by atoms with van der Waals surface area (Å²) < 4.78 is 30.5. The van der Waals surface area contributed by atoms with E-state index in [2.05, 4.69) is 24.8 Å². The zero-order chi connectivity index (χ0) is 14.0. The van der Waals surface area contributed by atoms with E-state index in [-0.39, 0.29) is 5.04 Å². The van der Waals surface area contributed by atoms with Crippen molar-refractivity contribution in [1.29, 1.82) is 0 Å². The Kier molecular flexibility index (Phi) is 4.38. The van der Waals surface area contributed by atoms with Gasteiger partial charge in [-0.2, -0.15) is 0 Å². The summed E-state index contributed by atoms with van der Waals surface area (Å²) in [5.41, 5.74) is 0. The summed E-state index contributed by atoms with van der Waals surface area (Å²) in [5.74, 6) is 0. The topological polar surface area (TPSA) is 29.4 Å². The van der Waals surface area contributed by atoms with Gasteiger partial charge in [0.1, 0.15) is 0 Å². The maximum absolute atomic E-state index is 13.3. The van der Waals surface area contributed by atoms with Crippen molar-refractivity contribution in [3.05, 3.63) is 30.3 Å². The Hall–Kier alpha value is -0.683. The third-order valence-electron chi connectivity index (χ3n) is 3.47. The Labute approximate surface area is 111 Å². The summed E-state index contributed by atoms with van der Waals surface area (Å²) in [4.78, 5) is 0.498. The summed E-state index contributed by atoms with van der Waals surface area (Å²) >= 11 is 0. The maximum Gasteiger partial charge on any atom is 0.193 e. The van der Waals surface area contributed by atoms with Crippen LogP contribution in [0.5, 0.6) is 0 Å². The number of rotatable bonds is 3. The molecule has 102 valence electrons. The Bertz CT molecular complexity index is 514. The van der Waals surface area contributed by atoms with Crippen molar-refractivity contribution in [1.82, 2.24) is 0 Å². The average Bonchev–Trinajstić information content (AvgIpc) is 2.28. The van der Waals surface area contributed by atoms with Crippen molar-refractivity contribution in [2.75, 3.05) is 6.01 Å². The zero-order valence-corrected chi connectivity index (χ0v) is 13.6. The van der Waals surface area contributed by atoms with E-state index in [1.54, 1.807) is 24.3 Å². The van der Waals surface area contributed by atoms with Crippen LogP contribution in [0.25, 0.3) is 0 Å². The largest absolute Gasteiger partial charge is 0.271 e. The molecule has 2 nitrogen and oxygen atoms in total. The van der Waals surface area contributed by atoms with E-state index in [0.717, 1.165) is 0 Å². The van der Waals surface area contributed by atoms with Crippen LogP contribution >= 0.6 is 0 Å². The highest BCUT2D eigenvalue weighted by atomic mass is 32.2. The smallest absolute Gasteiger partial charge is 0.193 e. The van der Waals surface area contributed by atoms with Gasteiger partial charge in [-0.05, 0) is 30.3 Å². The first-order chi connectivity index (χ1) is 8.12. The fraction of sp³-hybridized carbons (Fsp3) is 0.538. The van der Waals surface area contributed by atoms with Gasteiger partial charge in [0, 0.05) is 4.90 Å². The standard InChI is InChI=1S/C13H22FNOSSi/c1-13(2,3)18(4,5)15-17(16,11-14)12-9-7-6-8-10-12/h6-10H,11H2,1-5H3. The molecular formula is C13H22FNOSSi. The van der Waals surface area contributed by atoms with Gasteiger partial charge < -0.3 is 0 Å². The molecule has 0 saturated carbocycles. The molecule has 1 aromatic carbocycles. The predicted molar refractivity (Wildman–Crippen MR) is 78.5 cm³/mol. The van der Waals surface area contributed by atoms with Gasteiger partial charge in [-0.1, -0.05) is 39.0 Å². The molecule has 0 aromatic heterocycles. The molecule has 1 aromatic rings. The SMILES string of the molecule is CC(C)(C)[Si](C)(C)N=S(=O)(CF)c1ccccc1. The van der Waals surface area contributed by atoms with Crippen LogP contribution in [0.3, 0.4) is 0 Å². The lowest BCUT2D eigenvalue weighted by Gasteiger charge is -2.33. The molecule has 1 rings (SSSR count). The summed E-state index contributed by atoms with van der Waals surface area (Å²) in [6.45, 7) is 10.3. The van der Waals surface area contributed by atoms with Crippen molar-refractivity contribution in [2.24, 2.45) is 4.03 Å². The van der Waals surface area contributed by atoms with E-state index in [0.29, 0.717) is 4.90 Å². The van der Waals surface area contributed by atoms with Gasteiger partial charge in [0.2, 0.25) is 0 Å². The number of nitrogens with zero attached hydrogens (tertiary/aromatic N) is 1. The van der Waals surface area contributed by atoms with E-state index in [4.69, 9.17) is 0 Å². The Morgan fingerprint density at radius 1 is 1.22 bits per heavy atom. The number of alkyl halides is 1. The van der Waals surface area contributed by atoms with Gasteiger partial charge in [-0.15, -0.1) is 0 Å². The highest BCUT2D eigenvalue weighted by Crippen LogP contribution is 2.38. The number of halogens is 1. The molecule has 1 unspecified atom stereocenters. The van der Waals surface area contributed by atoms with E-state index in [9.17, 15) is 8.60 Å². The van der Waals surface area contributed by atoms with Crippen LogP contribution in [0.15, 0.2) is 39.3 Å². The van der Waals surface area contributed by atoms with Crippen molar-refractivity contribution >= 4 is 18.0 Å². The van der Waals surface area contributed by atoms with Gasteiger partial charge in [-0.3, -0.25) is 4.03 Å². The molecule has 0 bridgehead atoms. The molecule has 0 aliphatic carbocycles. The predicted octanol–water partition coefficient (Wildman–Crippen LogP) is 4.45. The minimum absolute atomic E-state index is 0.0421. The number of hydrogen-bond donors (Lipinski definition) is 0. The van der Waals surface area contributed by atoms with Gasteiger partial charge in [0.25, 0.3) is 0 Å². The Morgan fingerprint density at radius 2 is 1.72 bits per heavy atom. The summed E-state index contributed by atoms with van der Waals surface area (Å²) in [5, 5.41) is -0.0421. The van der Waals surface area contributed by atoms with Crippen LogP contribution in [0.1, 0.15) is 20.8 Å². The van der Waals surface area contributed by atoms with Crippen LogP contribution in [0, 0.1) is 0 Å². The average molecular weight is 287 g/mol. The highest BCUT2D eigenvalue weighted by molar-refractivity contribution is 7.94. The minimum atomic E-state index is -2.93. The molecule has 0 fully saturated rings. The van der Waals surface area contributed by atoms with Crippen LogP contribution in [-0.2, 0) is 9.73 Å². The van der Waals surface area contributed by atoms with Crippen LogP contribution in [0.4, 0.5) is 4.39 Å². The first-order valence-electron chi connectivity index (χ1n) is 5.99. The summed E-state index contributed by atoms with van der Waals surface area (Å²) in [7, 11) is -5.06. The molecule has 0 heterocycles. The van der Waals surface area contributed by atoms with Gasteiger partial charge in [-0.25, -0.2) is 8.60 Å². The fourth-order valence-electron chi connectivity index (χ4n) is 1.28. The van der Waals surface area contributed by atoms with Crippen molar-refractivity contribution < 1.29 is 8.60 Å². The van der Waals surface area contributed by atoms with Crippen molar-refractivity contribution in [2.45, 2.75) is 43.8 Å². The fourth-order valence-corrected chi connectivity index (χ4v) is 6.65. The summed E-state index contributed by atoms with van der Waals surface area (Å²) in [6.07, 6.45) is 0. The second-order valence-electron chi connectivity index (χ2n) is 5.96. The molecule has 0 aliphatic rings. The quantitative estimate of drug-likeness (QED) is 0.755. The highest BCUT2D eigenvalue weighted by Gasteiger charge is 2.37. The molecule has 18 heavy (non-hydrogen) atoms. The van der Waals surface area contributed by atoms with Crippen LogP contribution in [0.2, 0.25) is 18.1 Å². The lowest BCUT2D eigenvalue weighted by Crippen LogP contribution is -2.36. The Balaban J connectivity index is 3.39. The summed E-state index contributed by atoms with van der Waals surface area (Å²) in [6, 6.07) is 7.84. The monoisotopic (exact) mass is 287 g/mol. The third-order valence-corrected chi connectivity index (χ3v) is 11.5. The lowest BCUT2D eigenvalue weighted by molar-refractivity contribution is 0.575. The molecule has 5 heteroatoms. The molecule has 0 amide bonds. The zero-order valence-electron chi connectivity index (χ0n) is 11.7. The van der Waals surface area contributed by atoms with Crippen molar-refractivity contribution in [3.63, 3.8) is 0 Å². The molecule has 0 radical (unpaired) electrons. The van der Waals surface area contributed by atoms with E-state index >= 15 is 0 Å². The second-order valence-corrected chi connectivity index (χ2v) is 13.3. The molecule has 0 saturated heterocycles. The van der Waals surface area contributed by atoms with E-state index in [1.807, 2.05) is 19.2 Å². The lowest BCUT2D eigenvalue weighted by atomic mass is 10.2. The second kappa shape index (κ2) is 5.13. The van der Waals surface area contributed by atoms with Crippen LogP contribution < -0.4 is 0 Å². The minimum Gasteiger partial charge on any atom is -0.271 e. The normalized spacial score (nSPS) is 16.1. The van der Waals surface area contributed by atoms with E-state index < -0.39 is 24.0 Å². The van der Waals surface area contributed by atoms with Crippen molar-refractivity contribution in [3.8, 4) is 0 Å². The number of benzene rings is 1. The molecule has 0 spiro atoms. The van der Waals surface area contributed by atoms with Gasteiger partial charge in [0.05, 0.1) is 9.73 Å². The number of hydrogen-bond acceptors (Lipinski definition) is 2.